The van der Waals surface area contributed by atoms with Crippen molar-refractivity contribution in [2.24, 2.45) is 5.92 Å². The number of hydrogen-bond acceptors (Lipinski definition) is 2. The summed E-state index contributed by atoms with van der Waals surface area (Å²) in [6.07, 6.45) is 4.83. The molecular formula is C14H17FN2. The van der Waals surface area contributed by atoms with Crippen LogP contribution in [-0.4, -0.2) is 28.5 Å². The summed E-state index contributed by atoms with van der Waals surface area (Å²) in [6.45, 7) is 5.62. The first-order chi connectivity index (χ1) is 8.15. The molecule has 0 N–H and O–H groups in total. The molecule has 2 nitrogen and oxygen atoms in total. The van der Waals surface area contributed by atoms with E-state index in [1.807, 2.05) is 0 Å². The molecule has 2 heterocycles. The van der Waals surface area contributed by atoms with E-state index in [-0.39, 0.29) is 5.82 Å². The second-order valence-electron chi connectivity index (χ2n) is 5.29. The summed E-state index contributed by atoms with van der Waals surface area (Å²) in [5.74, 6) is 0.391. The first-order valence-electron chi connectivity index (χ1n) is 6.24. The van der Waals surface area contributed by atoms with Gasteiger partial charge in [0, 0.05) is 18.6 Å². The van der Waals surface area contributed by atoms with E-state index in [0.717, 1.165) is 12.2 Å². The molecule has 0 unspecified atom stereocenters. The molecule has 2 aliphatic rings. The van der Waals surface area contributed by atoms with Crippen LogP contribution < -0.4 is 0 Å². The van der Waals surface area contributed by atoms with Crippen LogP contribution in [0.5, 0.6) is 0 Å². The van der Waals surface area contributed by atoms with Crippen molar-refractivity contribution in [3.05, 3.63) is 35.9 Å². The Morgan fingerprint density at radius 1 is 1.41 bits per heavy atom. The van der Waals surface area contributed by atoms with E-state index >= 15 is 0 Å². The van der Waals surface area contributed by atoms with Crippen LogP contribution in [0, 0.1) is 11.7 Å². The average Bonchev–Trinajstić information content (AvgIpc) is 2.89. The van der Waals surface area contributed by atoms with Crippen molar-refractivity contribution in [1.82, 2.24) is 9.88 Å². The molecule has 1 aliphatic carbocycles. The van der Waals surface area contributed by atoms with Crippen LogP contribution in [0.15, 0.2) is 24.4 Å². The van der Waals surface area contributed by atoms with Crippen LogP contribution in [0.1, 0.15) is 26.0 Å². The molecule has 0 amide bonds. The molecule has 1 aliphatic heterocycles. The number of halogens is 1. The van der Waals surface area contributed by atoms with Crippen LogP contribution in [0.4, 0.5) is 4.39 Å². The Morgan fingerprint density at radius 2 is 2.24 bits per heavy atom. The maximum absolute atomic E-state index is 12.9. The molecule has 1 aromatic heterocycles. The zero-order chi connectivity index (χ0) is 12.0. The SMILES string of the molecule is CC(C)N1C[C@H]2C=C(c3ccc(F)cn3)[C@@H]1C2. The molecule has 3 heteroatoms. The summed E-state index contributed by atoms with van der Waals surface area (Å²) in [6, 6.07) is 4.34. The Kier molecular flexibility index (Phi) is 2.51. The minimum absolute atomic E-state index is 0.266. The number of likely N-dealkylation sites (tertiary alicyclic amines) is 1. The minimum atomic E-state index is -0.266. The van der Waals surface area contributed by atoms with E-state index in [0.29, 0.717) is 18.0 Å². The topological polar surface area (TPSA) is 16.1 Å². The smallest absolute Gasteiger partial charge is 0.141 e. The van der Waals surface area contributed by atoms with Gasteiger partial charge in [0.15, 0.2) is 0 Å². The van der Waals surface area contributed by atoms with E-state index in [1.165, 1.54) is 24.3 Å². The zero-order valence-corrected chi connectivity index (χ0v) is 10.2. The molecule has 0 radical (unpaired) electrons. The van der Waals surface area contributed by atoms with Gasteiger partial charge in [-0.2, -0.15) is 0 Å². The van der Waals surface area contributed by atoms with Crippen molar-refractivity contribution >= 4 is 5.57 Å². The first-order valence-corrected chi connectivity index (χ1v) is 6.24. The summed E-state index contributed by atoms with van der Waals surface area (Å²) < 4.78 is 12.9. The second-order valence-corrected chi connectivity index (χ2v) is 5.29. The van der Waals surface area contributed by atoms with Gasteiger partial charge in [-0.3, -0.25) is 9.88 Å². The van der Waals surface area contributed by atoms with Crippen LogP contribution >= 0.6 is 0 Å². The number of aromatic nitrogens is 1. The van der Waals surface area contributed by atoms with Gasteiger partial charge >= 0.3 is 0 Å². The lowest BCUT2D eigenvalue weighted by atomic mass is 10.0. The molecule has 0 aromatic carbocycles. The predicted molar refractivity (Wildman–Crippen MR) is 65.9 cm³/mol. The van der Waals surface area contributed by atoms with Crippen molar-refractivity contribution in [2.45, 2.75) is 32.4 Å². The van der Waals surface area contributed by atoms with Crippen LogP contribution in [0.25, 0.3) is 5.57 Å². The molecular weight excluding hydrogens is 215 g/mol. The molecule has 17 heavy (non-hydrogen) atoms. The van der Waals surface area contributed by atoms with Gasteiger partial charge in [0.05, 0.1) is 11.9 Å². The third-order valence-corrected chi connectivity index (χ3v) is 3.83. The molecule has 0 spiro atoms. The van der Waals surface area contributed by atoms with E-state index in [2.05, 4.69) is 29.8 Å². The van der Waals surface area contributed by atoms with Crippen LogP contribution in [-0.2, 0) is 0 Å². The lowest BCUT2D eigenvalue weighted by Gasteiger charge is -2.31. The molecule has 90 valence electrons. The second kappa shape index (κ2) is 3.91. The molecule has 1 aromatic rings. The van der Waals surface area contributed by atoms with Gasteiger partial charge in [0.2, 0.25) is 0 Å². The van der Waals surface area contributed by atoms with E-state index in [4.69, 9.17) is 0 Å². The van der Waals surface area contributed by atoms with Gasteiger partial charge in [-0.25, -0.2) is 4.39 Å². The van der Waals surface area contributed by atoms with Gasteiger partial charge in [0.1, 0.15) is 5.82 Å². The van der Waals surface area contributed by atoms with Gasteiger partial charge in [-0.05, 0) is 43.9 Å². The van der Waals surface area contributed by atoms with Crippen molar-refractivity contribution in [3.63, 3.8) is 0 Å². The summed E-state index contributed by atoms with van der Waals surface area (Å²) >= 11 is 0. The number of fused-ring (bicyclic) bond motifs is 2. The van der Waals surface area contributed by atoms with Gasteiger partial charge in [-0.15, -0.1) is 0 Å². The maximum atomic E-state index is 12.9. The largest absolute Gasteiger partial charge is 0.293 e. The van der Waals surface area contributed by atoms with E-state index < -0.39 is 0 Å². The predicted octanol–water partition coefficient (Wildman–Crippen LogP) is 2.72. The number of rotatable bonds is 2. The molecule has 0 saturated carbocycles. The van der Waals surface area contributed by atoms with Crippen LogP contribution in [0.3, 0.4) is 0 Å². The van der Waals surface area contributed by atoms with Gasteiger partial charge < -0.3 is 0 Å². The molecule has 1 fully saturated rings. The van der Waals surface area contributed by atoms with E-state index in [1.54, 1.807) is 6.07 Å². The highest BCUT2D eigenvalue weighted by molar-refractivity contribution is 5.70. The van der Waals surface area contributed by atoms with Crippen molar-refractivity contribution in [3.8, 4) is 0 Å². The molecule has 2 bridgehead atoms. The van der Waals surface area contributed by atoms with Crippen LogP contribution in [0.2, 0.25) is 0 Å². The summed E-state index contributed by atoms with van der Waals surface area (Å²) in [7, 11) is 0. The lowest BCUT2D eigenvalue weighted by molar-refractivity contribution is 0.231. The Bertz CT molecular complexity index is 450. The Morgan fingerprint density at radius 3 is 2.82 bits per heavy atom. The van der Waals surface area contributed by atoms with Crippen molar-refractivity contribution in [2.75, 3.05) is 6.54 Å². The third-order valence-electron chi connectivity index (χ3n) is 3.83. The quantitative estimate of drug-likeness (QED) is 0.779. The standard InChI is InChI=1S/C14H17FN2/c1-9(2)17-8-10-5-12(14(17)6-10)13-4-3-11(15)7-16-13/h3-5,7,9-10,14H,6,8H2,1-2H3/t10-,14-/m0/s1. The summed E-state index contributed by atoms with van der Waals surface area (Å²) in [4.78, 5) is 6.72. The molecule has 3 rings (SSSR count). The summed E-state index contributed by atoms with van der Waals surface area (Å²) in [5.41, 5.74) is 2.22. The average molecular weight is 232 g/mol. The zero-order valence-electron chi connectivity index (χ0n) is 10.2. The highest BCUT2D eigenvalue weighted by Gasteiger charge is 2.40. The van der Waals surface area contributed by atoms with Gasteiger partial charge in [-0.1, -0.05) is 6.08 Å². The van der Waals surface area contributed by atoms with E-state index in [9.17, 15) is 4.39 Å². The number of pyridine rings is 1. The minimum Gasteiger partial charge on any atom is -0.293 e. The normalized spacial score (nSPS) is 27.9. The van der Waals surface area contributed by atoms with Gasteiger partial charge in [0.25, 0.3) is 0 Å². The Labute approximate surface area is 101 Å². The third kappa shape index (κ3) is 1.78. The lowest BCUT2D eigenvalue weighted by Crippen LogP contribution is -2.37. The highest BCUT2D eigenvalue weighted by Crippen LogP contribution is 2.41. The maximum Gasteiger partial charge on any atom is 0.141 e. The number of nitrogens with zero attached hydrogens (tertiary/aromatic N) is 2. The molecule has 1 saturated heterocycles. The Balaban J connectivity index is 1.90. The fraction of sp³-hybridized carbons (Fsp3) is 0.500. The van der Waals surface area contributed by atoms with Crippen molar-refractivity contribution < 1.29 is 4.39 Å². The fourth-order valence-corrected chi connectivity index (χ4v) is 3.06. The molecule has 2 atom stereocenters. The number of hydrogen-bond donors (Lipinski definition) is 0. The highest BCUT2D eigenvalue weighted by atomic mass is 19.1. The summed E-state index contributed by atoms with van der Waals surface area (Å²) in [5, 5.41) is 0. The Hall–Kier alpha value is -1.22. The first kappa shape index (κ1) is 10.9. The van der Waals surface area contributed by atoms with Crippen molar-refractivity contribution in [1.29, 1.82) is 0 Å². The fourth-order valence-electron chi connectivity index (χ4n) is 3.06. The monoisotopic (exact) mass is 232 g/mol.